The van der Waals surface area contributed by atoms with Crippen molar-refractivity contribution in [1.29, 1.82) is 0 Å². The highest BCUT2D eigenvalue weighted by Crippen LogP contribution is 2.26. The van der Waals surface area contributed by atoms with Crippen molar-refractivity contribution in [3.63, 3.8) is 0 Å². The van der Waals surface area contributed by atoms with Crippen molar-refractivity contribution in [1.82, 2.24) is 9.55 Å². The fraction of sp³-hybridized carbons (Fsp3) is 0.357. The van der Waals surface area contributed by atoms with E-state index in [9.17, 15) is 0 Å². The summed E-state index contributed by atoms with van der Waals surface area (Å²) in [5.74, 6) is 1.95. The Balaban J connectivity index is 2.00. The normalized spacial score (nSPS) is 19.1. The van der Waals surface area contributed by atoms with Gasteiger partial charge >= 0.3 is 0 Å². The molecule has 0 bridgehead atoms. The Morgan fingerprint density at radius 3 is 3.12 bits per heavy atom. The molecule has 0 amide bonds. The molecule has 0 saturated heterocycles. The summed E-state index contributed by atoms with van der Waals surface area (Å²) in [5, 5.41) is 0.766. The highest BCUT2D eigenvalue weighted by molar-refractivity contribution is 6.30. The molecule has 1 aliphatic heterocycles. The van der Waals surface area contributed by atoms with Gasteiger partial charge < -0.3 is 4.57 Å². The Bertz CT molecular complexity index is 545. The third-order valence-electron chi connectivity index (χ3n) is 3.37. The molecule has 88 valence electrons. The van der Waals surface area contributed by atoms with Crippen LogP contribution in [0.3, 0.4) is 0 Å². The number of benzene rings is 1. The van der Waals surface area contributed by atoms with E-state index in [4.69, 9.17) is 16.6 Å². The monoisotopic (exact) mass is 246 g/mol. The summed E-state index contributed by atoms with van der Waals surface area (Å²) < 4.78 is 2.27. The third-order valence-corrected chi connectivity index (χ3v) is 3.61. The van der Waals surface area contributed by atoms with E-state index in [0.717, 1.165) is 35.2 Å². The predicted molar refractivity (Wildman–Crippen MR) is 70.2 cm³/mol. The standard InChI is InChI=1S/C14H15ClN2/c1-10-5-6-17-9-13(16-14(17)7-10)11-3-2-4-12(15)8-11/h2-4,8-10H,5-7H2,1H3. The van der Waals surface area contributed by atoms with Gasteiger partial charge in [0.25, 0.3) is 0 Å². The lowest BCUT2D eigenvalue weighted by molar-refractivity contribution is 0.409. The second kappa shape index (κ2) is 4.19. The van der Waals surface area contributed by atoms with Crippen LogP contribution in [0.5, 0.6) is 0 Å². The first-order valence-electron chi connectivity index (χ1n) is 6.04. The van der Waals surface area contributed by atoms with Gasteiger partial charge in [-0.3, -0.25) is 0 Å². The number of aryl methyl sites for hydroxylation is 1. The summed E-state index contributed by atoms with van der Waals surface area (Å²) >= 11 is 6.01. The highest BCUT2D eigenvalue weighted by atomic mass is 35.5. The molecule has 0 radical (unpaired) electrons. The van der Waals surface area contributed by atoms with Crippen molar-refractivity contribution in [2.24, 2.45) is 5.92 Å². The van der Waals surface area contributed by atoms with Crippen molar-refractivity contribution in [3.8, 4) is 11.3 Å². The number of fused-ring (bicyclic) bond motifs is 1. The quantitative estimate of drug-likeness (QED) is 0.749. The summed E-state index contributed by atoms with van der Waals surface area (Å²) in [5.41, 5.74) is 2.14. The minimum Gasteiger partial charge on any atom is -0.334 e. The van der Waals surface area contributed by atoms with Crippen LogP contribution in [0.15, 0.2) is 30.5 Å². The van der Waals surface area contributed by atoms with Crippen molar-refractivity contribution >= 4 is 11.6 Å². The zero-order chi connectivity index (χ0) is 11.8. The molecule has 0 spiro atoms. The van der Waals surface area contributed by atoms with Gasteiger partial charge in [0.05, 0.1) is 5.69 Å². The van der Waals surface area contributed by atoms with E-state index >= 15 is 0 Å². The van der Waals surface area contributed by atoms with Crippen molar-refractivity contribution in [2.45, 2.75) is 26.3 Å². The lowest BCUT2D eigenvalue weighted by Gasteiger charge is -2.18. The maximum Gasteiger partial charge on any atom is 0.109 e. The number of rotatable bonds is 1. The average molecular weight is 247 g/mol. The van der Waals surface area contributed by atoms with Gasteiger partial charge in [0, 0.05) is 29.7 Å². The summed E-state index contributed by atoms with van der Waals surface area (Å²) in [6.07, 6.45) is 4.48. The maximum absolute atomic E-state index is 6.01. The molecule has 2 heterocycles. The third kappa shape index (κ3) is 2.09. The smallest absolute Gasteiger partial charge is 0.109 e. The van der Waals surface area contributed by atoms with Crippen LogP contribution in [0, 0.1) is 5.92 Å². The van der Waals surface area contributed by atoms with Gasteiger partial charge in [0.2, 0.25) is 0 Å². The molecule has 1 unspecified atom stereocenters. The predicted octanol–water partition coefficient (Wildman–Crippen LogP) is 3.79. The van der Waals surface area contributed by atoms with Gasteiger partial charge in [-0.1, -0.05) is 30.7 Å². The number of aromatic nitrogens is 2. The van der Waals surface area contributed by atoms with Crippen LogP contribution >= 0.6 is 11.6 Å². The van der Waals surface area contributed by atoms with Crippen molar-refractivity contribution in [2.75, 3.05) is 0 Å². The van der Waals surface area contributed by atoms with E-state index < -0.39 is 0 Å². The topological polar surface area (TPSA) is 17.8 Å². The van der Waals surface area contributed by atoms with Gasteiger partial charge in [-0.2, -0.15) is 0 Å². The van der Waals surface area contributed by atoms with Crippen LogP contribution in [-0.2, 0) is 13.0 Å². The SMILES string of the molecule is CC1CCn2cc(-c3cccc(Cl)c3)nc2C1. The summed E-state index contributed by atoms with van der Waals surface area (Å²) in [7, 11) is 0. The first kappa shape index (κ1) is 10.8. The van der Waals surface area contributed by atoms with E-state index in [1.54, 1.807) is 0 Å². The van der Waals surface area contributed by atoms with Gasteiger partial charge in [0.1, 0.15) is 5.82 Å². The van der Waals surface area contributed by atoms with Gasteiger partial charge in [-0.05, 0) is 24.5 Å². The molecule has 0 aliphatic carbocycles. The Labute approximate surface area is 106 Å². The number of halogens is 1. The van der Waals surface area contributed by atoms with Gasteiger partial charge in [-0.15, -0.1) is 0 Å². The van der Waals surface area contributed by atoms with E-state index in [1.165, 1.54) is 12.2 Å². The summed E-state index contributed by atoms with van der Waals surface area (Å²) in [6, 6.07) is 7.89. The Kier molecular flexibility index (Phi) is 2.67. The fourth-order valence-electron chi connectivity index (χ4n) is 2.37. The minimum atomic E-state index is 0.747. The molecule has 1 aliphatic rings. The van der Waals surface area contributed by atoms with E-state index in [1.807, 2.05) is 18.2 Å². The Morgan fingerprint density at radius 1 is 1.41 bits per heavy atom. The molecule has 0 fully saturated rings. The van der Waals surface area contributed by atoms with E-state index in [2.05, 4.69) is 23.8 Å². The first-order valence-corrected chi connectivity index (χ1v) is 6.42. The van der Waals surface area contributed by atoms with E-state index in [0.29, 0.717) is 0 Å². The molecule has 1 aromatic carbocycles. The number of imidazole rings is 1. The fourth-order valence-corrected chi connectivity index (χ4v) is 2.56. The molecule has 2 aromatic rings. The molecular formula is C14H15ClN2. The highest BCUT2D eigenvalue weighted by Gasteiger charge is 2.17. The molecule has 0 saturated carbocycles. The number of hydrogen-bond donors (Lipinski definition) is 0. The summed E-state index contributed by atoms with van der Waals surface area (Å²) in [4.78, 5) is 4.72. The van der Waals surface area contributed by atoms with Gasteiger partial charge in [0.15, 0.2) is 0 Å². The largest absolute Gasteiger partial charge is 0.334 e. The zero-order valence-corrected chi connectivity index (χ0v) is 10.6. The Morgan fingerprint density at radius 2 is 2.29 bits per heavy atom. The van der Waals surface area contributed by atoms with Crippen molar-refractivity contribution in [3.05, 3.63) is 41.3 Å². The van der Waals surface area contributed by atoms with Crippen LogP contribution in [0.25, 0.3) is 11.3 Å². The van der Waals surface area contributed by atoms with Crippen LogP contribution in [0.1, 0.15) is 19.2 Å². The lowest BCUT2D eigenvalue weighted by atomic mass is 10.0. The first-order chi connectivity index (χ1) is 8.22. The number of nitrogens with zero attached hydrogens (tertiary/aromatic N) is 2. The second-order valence-electron chi connectivity index (χ2n) is 4.84. The van der Waals surface area contributed by atoms with Gasteiger partial charge in [-0.25, -0.2) is 4.98 Å². The lowest BCUT2D eigenvalue weighted by Crippen LogP contribution is -2.16. The van der Waals surface area contributed by atoms with Crippen LogP contribution in [0.4, 0.5) is 0 Å². The molecule has 1 aromatic heterocycles. The Hall–Kier alpha value is -1.28. The maximum atomic E-state index is 6.01. The molecular weight excluding hydrogens is 232 g/mol. The molecule has 3 rings (SSSR count). The average Bonchev–Trinajstić information content (AvgIpc) is 2.72. The molecule has 0 N–H and O–H groups in total. The minimum absolute atomic E-state index is 0.747. The van der Waals surface area contributed by atoms with Crippen LogP contribution in [0.2, 0.25) is 5.02 Å². The van der Waals surface area contributed by atoms with E-state index in [-0.39, 0.29) is 0 Å². The van der Waals surface area contributed by atoms with Crippen molar-refractivity contribution < 1.29 is 0 Å². The second-order valence-corrected chi connectivity index (χ2v) is 5.28. The van der Waals surface area contributed by atoms with Crippen LogP contribution in [-0.4, -0.2) is 9.55 Å². The van der Waals surface area contributed by atoms with Crippen LogP contribution < -0.4 is 0 Å². The zero-order valence-electron chi connectivity index (χ0n) is 9.86. The summed E-state index contributed by atoms with van der Waals surface area (Å²) in [6.45, 7) is 3.38. The molecule has 17 heavy (non-hydrogen) atoms. The molecule has 1 atom stereocenters. The molecule has 3 heteroatoms. The molecule has 2 nitrogen and oxygen atoms in total. The number of hydrogen-bond acceptors (Lipinski definition) is 1.